The van der Waals surface area contributed by atoms with Gasteiger partial charge in [0.1, 0.15) is 0 Å². The minimum atomic E-state index is 0.0665. The summed E-state index contributed by atoms with van der Waals surface area (Å²) in [5.41, 5.74) is 0.0716. The highest BCUT2D eigenvalue weighted by molar-refractivity contribution is 5.82. The van der Waals surface area contributed by atoms with Crippen LogP contribution in [-0.2, 0) is 4.79 Å². The van der Waals surface area contributed by atoms with Gasteiger partial charge >= 0.3 is 0 Å². The third-order valence-corrected chi connectivity index (χ3v) is 5.60. The molecule has 2 N–H and O–H groups in total. The Morgan fingerprint density at radius 1 is 1.05 bits per heavy atom. The van der Waals surface area contributed by atoms with E-state index in [1.807, 2.05) is 0 Å². The van der Waals surface area contributed by atoms with Crippen LogP contribution in [0.3, 0.4) is 0 Å². The number of hydrogen-bond acceptors (Lipinski definition) is 2. The predicted molar refractivity (Wildman–Crippen MR) is 76.9 cm³/mol. The first kappa shape index (κ1) is 13.4. The molecule has 19 heavy (non-hydrogen) atoms. The third kappa shape index (κ3) is 2.96. The number of piperidine rings is 1. The molecule has 0 radical (unpaired) electrons. The van der Waals surface area contributed by atoms with E-state index < -0.39 is 0 Å². The minimum absolute atomic E-state index is 0.0665. The Kier molecular flexibility index (Phi) is 3.84. The zero-order valence-electron chi connectivity index (χ0n) is 12.2. The first-order chi connectivity index (χ1) is 9.16. The van der Waals surface area contributed by atoms with Gasteiger partial charge < -0.3 is 10.6 Å². The van der Waals surface area contributed by atoms with Crippen LogP contribution in [0, 0.1) is 5.92 Å². The van der Waals surface area contributed by atoms with E-state index in [4.69, 9.17) is 0 Å². The SMILES string of the molecule is CC1(NC(=O)C2CCC3CCCCC3N2)CCCC1. The fourth-order valence-electron chi connectivity index (χ4n) is 4.37. The highest BCUT2D eigenvalue weighted by Crippen LogP contribution is 2.33. The second-order valence-electron chi connectivity index (χ2n) is 7.20. The van der Waals surface area contributed by atoms with Crippen molar-refractivity contribution in [2.75, 3.05) is 0 Å². The first-order valence-electron chi connectivity index (χ1n) is 8.24. The van der Waals surface area contributed by atoms with Crippen LogP contribution in [0.2, 0.25) is 0 Å². The normalized spacial score (nSPS) is 37.6. The standard InChI is InChI=1S/C16H28N2O/c1-16(10-4-5-11-16)18-15(19)14-9-8-12-6-2-3-7-13(12)17-14/h12-14,17H,2-11H2,1H3,(H,18,19). The zero-order valence-corrected chi connectivity index (χ0v) is 12.2. The van der Waals surface area contributed by atoms with Crippen molar-refractivity contribution < 1.29 is 4.79 Å². The lowest BCUT2D eigenvalue weighted by atomic mass is 9.77. The number of rotatable bonds is 2. The molecule has 3 nitrogen and oxygen atoms in total. The van der Waals surface area contributed by atoms with Gasteiger partial charge in [0.05, 0.1) is 6.04 Å². The van der Waals surface area contributed by atoms with Crippen LogP contribution in [0.25, 0.3) is 0 Å². The van der Waals surface area contributed by atoms with Gasteiger partial charge in [-0.15, -0.1) is 0 Å². The molecule has 0 spiro atoms. The largest absolute Gasteiger partial charge is 0.350 e. The Hall–Kier alpha value is -0.570. The molecule has 0 aromatic heterocycles. The van der Waals surface area contributed by atoms with E-state index in [2.05, 4.69) is 17.6 Å². The number of carbonyl (C=O) groups is 1. The van der Waals surface area contributed by atoms with Gasteiger partial charge in [-0.05, 0) is 51.4 Å². The van der Waals surface area contributed by atoms with E-state index in [0.29, 0.717) is 6.04 Å². The maximum atomic E-state index is 12.5. The van der Waals surface area contributed by atoms with Crippen molar-refractivity contribution in [2.24, 2.45) is 5.92 Å². The monoisotopic (exact) mass is 264 g/mol. The molecule has 3 fully saturated rings. The Morgan fingerprint density at radius 2 is 1.79 bits per heavy atom. The van der Waals surface area contributed by atoms with E-state index in [0.717, 1.165) is 25.2 Å². The molecule has 2 aliphatic carbocycles. The van der Waals surface area contributed by atoms with Gasteiger partial charge in [0.15, 0.2) is 0 Å². The molecule has 0 aromatic carbocycles. The molecule has 0 bridgehead atoms. The van der Waals surface area contributed by atoms with Gasteiger partial charge in [0, 0.05) is 11.6 Å². The summed E-state index contributed by atoms with van der Waals surface area (Å²) in [6.45, 7) is 2.21. The van der Waals surface area contributed by atoms with Crippen molar-refractivity contribution in [3.05, 3.63) is 0 Å². The van der Waals surface area contributed by atoms with Crippen molar-refractivity contribution in [3.63, 3.8) is 0 Å². The number of amides is 1. The highest BCUT2D eigenvalue weighted by Gasteiger charge is 2.37. The predicted octanol–water partition coefficient (Wildman–Crippen LogP) is 2.75. The van der Waals surface area contributed by atoms with Crippen LogP contribution in [0.15, 0.2) is 0 Å². The molecule has 2 saturated carbocycles. The van der Waals surface area contributed by atoms with Gasteiger partial charge in [0.25, 0.3) is 0 Å². The quantitative estimate of drug-likeness (QED) is 0.805. The molecule has 3 atom stereocenters. The molecule has 3 unspecified atom stereocenters. The van der Waals surface area contributed by atoms with E-state index in [1.54, 1.807) is 0 Å². The fourth-order valence-corrected chi connectivity index (χ4v) is 4.37. The van der Waals surface area contributed by atoms with Gasteiger partial charge in [-0.2, -0.15) is 0 Å². The maximum Gasteiger partial charge on any atom is 0.237 e. The maximum absolute atomic E-state index is 12.5. The highest BCUT2D eigenvalue weighted by atomic mass is 16.2. The molecule has 3 heteroatoms. The van der Waals surface area contributed by atoms with Crippen LogP contribution in [-0.4, -0.2) is 23.5 Å². The lowest BCUT2D eigenvalue weighted by Gasteiger charge is -2.40. The zero-order chi connectivity index (χ0) is 13.3. The Morgan fingerprint density at radius 3 is 2.58 bits per heavy atom. The molecule has 3 aliphatic rings. The van der Waals surface area contributed by atoms with Crippen molar-refractivity contribution in [2.45, 2.75) is 88.8 Å². The fraction of sp³-hybridized carbons (Fsp3) is 0.938. The Bertz CT molecular complexity index is 336. The molecular formula is C16H28N2O. The Balaban J connectivity index is 1.55. The first-order valence-corrected chi connectivity index (χ1v) is 8.24. The number of nitrogens with one attached hydrogen (secondary N) is 2. The van der Waals surface area contributed by atoms with Gasteiger partial charge in [-0.1, -0.05) is 25.7 Å². The van der Waals surface area contributed by atoms with Crippen LogP contribution in [0.5, 0.6) is 0 Å². The number of carbonyl (C=O) groups excluding carboxylic acids is 1. The second kappa shape index (κ2) is 5.43. The summed E-state index contributed by atoms with van der Waals surface area (Å²) < 4.78 is 0. The molecule has 108 valence electrons. The summed E-state index contributed by atoms with van der Waals surface area (Å²) in [6, 6.07) is 0.673. The summed E-state index contributed by atoms with van der Waals surface area (Å²) in [7, 11) is 0. The summed E-state index contributed by atoms with van der Waals surface area (Å²) in [6.07, 6.45) is 12.5. The van der Waals surface area contributed by atoms with E-state index in [1.165, 1.54) is 44.9 Å². The van der Waals surface area contributed by atoms with Gasteiger partial charge in [-0.3, -0.25) is 4.79 Å². The molecule has 1 amide bonds. The lowest BCUT2D eigenvalue weighted by molar-refractivity contribution is -0.126. The van der Waals surface area contributed by atoms with Gasteiger partial charge in [-0.25, -0.2) is 0 Å². The van der Waals surface area contributed by atoms with E-state index >= 15 is 0 Å². The average molecular weight is 264 g/mol. The molecule has 0 aromatic rings. The lowest BCUT2D eigenvalue weighted by Crippen LogP contribution is -2.58. The van der Waals surface area contributed by atoms with Crippen molar-refractivity contribution >= 4 is 5.91 Å². The Labute approximate surface area is 116 Å². The molecule has 1 aliphatic heterocycles. The van der Waals surface area contributed by atoms with E-state index in [9.17, 15) is 4.79 Å². The van der Waals surface area contributed by atoms with Crippen molar-refractivity contribution in [1.82, 2.24) is 10.6 Å². The van der Waals surface area contributed by atoms with Gasteiger partial charge in [0.2, 0.25) is 5.91 Å². The average Bonchev–Trinajstić information content (AvgIpc) is 2.84. The second-order valence-corrected chi connectivity index (χ2v) is 7.20. The summed E-state index contributed by atoms with van der Waals surface area (Å²) in [5, 5.41) is 6.95. The summed E-state index contributed by atoms with van der Waals surface area (Å²) >= 11 is 0. The number of fused-ring (bicyclic) bond motifs is 1. The van der Waals surface area contributed by atoms with Crippen molar-refractivity contribution in [1.29, 1.82) is 0 Å². The molecule has 1 heterocycles. The van der Waals surface area contributed by atoms with Crippen LogP contribution >= 0.6 is 0 Å². The van der Waals surface area contributed by atoms with Crippen LogP contribution in [0.1, 0.15) is 71.1 Å². The molecule has 1 saturated heterocycles. The van der Waals surface area contributed by atoms with Crippen LogP contribution in [0.4, 0.5) is 0 Å². The molecule has 3 rings (SSSR count). The summed E-state index contributed by atoms with van der Waals surface area (Å²) in [5.74, 6) is 1.09. The summed E-state index contributed by atoms with van der Waals surface area (Å²) in [4.78, 5) is 12.5. The topological polar surface area (TPSA) is 41.1 Å². The molecular weight excluding hydrogens is 236 g/mol. The van der Waals surface area contributed by atoms with Crippen molar-refractivity contribution in [3.8, 4) is 0 Å². The third-order valence-electron chi connectivity index (χ3n) is 5.60. The number of hydrogen-bond donors (Lipinski definition) is 2. The smallest absolute Gasteiger partial charge is 0.237 e. The van der Waals surface area contributed by atoms with E-state index in [-0.39, 0.29) is 17.5 Å². The van der Waals surface area contributed by atoms with Crippen LogP contribution < -0.4 is 10.6 Å². The minimum Gasteiger partial charge on any atom is -0.350 e.